The van der Waals surface area contributed by atoms with Crippen molar-refractivity contribution < 1.29 is 8.42 Å². The summed E-state index contributed by atoms with van der Waals surface area (Å²) in [5, 5.41) is 9.31. The summed E-state index contributed by atoms with van der Waals surface area (Å²) in [6.45, 7) is 0. The van der Waals surface area contributed by atoms with Gasteiger partial charge in [0.25, 0.3) is 10.0 Å². The standard InChI is InChI=1S/C12H10ClN5O2S/c13-9-4-3-8(7-14)10(6-9)18-21(19,20)11-2-1-5-16-12(11)17-15/h1-6,18H,15H2,(H,16,17). The number of nitrogens with two attached hydrogens (primary N) is 1. The Kier molecular flexibility index (Phi) is 4.28. The van der Waals surface area contributed by atoms with Gasteiger partial charge >= 0.3 is 0 Å². The largest absolute Gasteiger partial charge is 0.307 e. The van der Waals surface area contributed by atoms with Gasteiger partial charge in [0, 0.05) is 11.2 Å². The van der Waals surface area contributed by atoms with E-state index in [0.29, 0.717) is 5.02 Å². The maximum absolute atomic E-state index is 12.4. The molecule has 7 nitrogen and oxygen atoms in total. The minimum absolute atomic E-state index is 0.00876. The molecule has 0 saturated heterocycles. The first-order valence-electron chi connectivity index (χ1n) is 5.62. The molecule has 9 heteroatoms. The predicted molar refractivity (Wildman–Crippen MR) is 79.0 cm³/mol. The highest BCUT2D eigenvalue weighted by Crippen LogP contribution is 2.25. The number of pyridine rings is 1. The van der Waals surface area contributed by atoms with Gasteiger partial charge < -0.3 is 5.43 Å². The number of nitrogen functional groups attached to an aromatic ring is 1. The zero-order valence-corrected chi connectivity index (χ0v) is 12.1. The van der Waals surface area contributed by atoms with Crippen molar-refractivity contribution in [2.75, 3.05) is 10.1 Å². The topological polar surface area (TPSA) is 121 Å². The van der Waals surface area contributed by atoms with Crippen molar-refractivity contribution in [2.24, 2.45) is 5.84 Å². The van der Waals surface area contributed by atoms with Gasteiger partial charge in [-0.1, -0.05) is 11.6 Å². The lowest BCUT2D eigenvalue weighted by Gasteiger charge is -2.12. The molecule has 1 aromatic carbocycles. The molecule has 0 amide bonds. The summed E-state index contributed by atoms with van der Waals surface area (Å²) in [5.41, 5.74) is 2.43. The van der Waals surface area contributed by atoms with E-state index in [2.05, 4.69) is 15.1 Å². The third-order valence-corrected chi connectivity index (χ3v) is 4.18. The molecule has 21 heavy (non-hydrogen) atoms. The van der Waals surface area contributed by atoms with E-state index >= 15 is 0 Å². The monoisotopic (exact) mass is 323 g/mol. The average molecular weight is 324 g/mol. The van der Waals surface area contributed by atoms with Gasteiger partial charge in [-0.05, 0) is 30.3 Å². The van der Waals surface area contributed by atoms with Crippen LogP contribution in [0.2, 0.25) is 5.02 Å². The van der Waals surface area contributed by atoms with Crippen LogP contribution in [0.1, 0.15) is 5.56 Å². The molecule has 0 atom stereocenters. The van der Waals surface area contributed by atoms with Crippen molar-refractivity contribution in [3.8, 4) is 6.07 Å². The van der Waals surface area contributed by atoms with Crippen LogP contribution in [-0.2, 0) is 10.0 Å². The van der Waals surface area contributed by atoms with Gasteiger partial charge in [0.15, 0.2) is 5.82 Å². The number of hydrogen-bond acceptors (Lipinski definition) is 6. The molecule has 0 spiro atoms. The zero-order chi connectivity index (χ0) is 15.5. The van der Waals surface area contributed by atoms with E-state index in [9.17, 15) is 8.42 Å². The molecule has 0 unspecified atom stereocenters. The first kappa shape index (κ1) is 15.1. The maximum atomic E-state index is 12.4. The second kappa shape index (κ2) is 5.97. The Morgan fingerprint density at radius 1 is 1.33 bits per heavy atom. The van der Waals surface area contributed by atoms with Crippen LogP contribution in [0.3, 0.4) is 0 Å². The fourth-order valence-electron chi connectivity index (χ4n) is 1.61. The first-order valence-corrected chi connectivity index (χ1v) is 7.48. The molecule has 1 aromatic heterocycles. The van der Waals surface area contributed by atoms with Crippen molar-refractivity contribution in [1.29, 1.82) is 5.26 Å². The highest BCUT2D eigenvalue weighted by atomic mass is 35.5. The van der Waals surface area contributed by atoms with Gasteiger partial charge in [0.05, 0.1) is 11.3 Å². The van der Waals surface area contributed by atoms with Gasteiger partial charge in [-0.2, -0.15) is 5.26 Å². The Hall–Kier alpha value is -2.34. The SMILES string of the molecule is N#Cc1ccc(Cl)cc1NS(=O)(=O)c1cccnc1NN. The lowest BCUT2D eigenvalue weighted by molar-refractivity contribution is 0.601. The summed E-state index contributed by atoms with van der Waals surface area (Å²) >= 11 is 5.82. The second-order valence-corrected chi connectivity index (χ2v) is 5.99. The Morgan fingerprint density at radius 2 is 2.10 bits per heavy atom. The van der Waals surface area contributed by atoms with E-state index in [-0.39, 0.29) is 22.0 Å². The molecule has 0 radical (unpaired) electrons. The molecule has 0 aliphatic carbocycles. The number of halogens is 1. The molecule has 1 heterocycles. The normalized spacial score (nSPS) is 10.7. The number of benzene rings is 1. The van der Waals surface area contributed by atoms with E-state index in [1.807, 2.05) is 6.07 Å². The summed E-state index contributed by atoms with van der Waals surface area (Å²) in [4.78, 5) is 3.68. The molecule has 0 bridgehead atoms. The van der Waals surface area contributed by atoms with Crippen LogP contribution in [0, 0.1) is 11.3 Å². The number of sulfonamides is 1. The number of nitriles is 1. The van der Waals surface area contributed by atoms with Crippen LogP contribution in [0.5, 0.6) is 0 Å². The van der Waals surface area contributed by atoms with E-state index < -0.39 is 10.0 Å². The predicted octanol–water partition coefficient (Wildman–Crippen LogP) is 1.69. The Bertz CT molecular complexity index is 817. The van der Waals surface area contributed by atoms with Crippen molar-refractivity contribution >= 4 is 33.1 Å². The third-order valence-electron chi connectivity index (χ3n) is 2.54. The van der Waals surface area contributed by atoms with Crippen molar-refractivity contribution in [3.63, 3.8) is 0 Å². The van der Waals surface area contributed by atoms with Crippen molar-refractivity contribution in [3.05, 3.63) is 47.1 Å². The summed E-state index contributed by atoms with van der Waals surface area (Å²) in [5.74, 6) is 5.23. The molecule has 2 aromatic rings. The number of aromatic nitrogens is 1. The number of hydrazine groups is 1. The zero-order valence-electron chi connectivity index (χ0n) is 10.5. The van der Waals surface area contributed by atoms with Gasteiger partial charge in [-0.3, -0.25) is 4.72 Å². The summed E-state index contributed by atoms with van der Waals surface area (Å²) in [6.07, 6.45) is 1.40. The number of nitrogens with zero attached hydrogens (tertiary/aromatic N) is 2. The summed E-state index contributed by atoms with van der Waals surface area (Å²) < 4.78 is 27.0. The Morgan fingerprint density at radius 3 is 2.76 bits per heavy atom. The molecule has 0 saturated carbocycles. The Balaban J connectivity index is 2.48. The van der Waals surface area contributed by atoms with E-state index in [4.69, 9.17) is 22.7 Å². The number of rotatable bonds is 4. The minimum Gasteiger partial charge on any atom is -0.307 e. The first-order chi connectivity index (χ1) is 9.97. The van der Waals surface area contributed by atoms with Crippen LogP contribution in [0.15, 0.2) is 41.4 Å². The van der Waals surface area contributed by atoms with Gasteiger partial charge in [0.1, 0.15) is 11.0 Å². The van der Waals surface area contributed by atoms with Crippen LogP contribution in [-0.4, -0.2) is 13.4 Å². The van der Waals surface area contributed by atoms with Gasteiger partial charge in [-0.15, -0.1) is 0 Å². The van der Waals surface area contributed by atoms with E-state index in [1.54, 1.807) is 0 Å². The quantitative estimate of drug-likeness (QED) is 0.581. The lowest BCUT2D eigenvalue weighted by Crippen LogP contribution is -2.19. The maximum Gasteiger partial charge on any atom is 0.265 e. The van der Waals surface area contributed by atoms with E-state index in [1.165, 1.54) is 36.5 Å². The highest BCUT2D eigenvalue weighted by molar-refractivity contribution is 7.92. The number of nitrogens with one attached hydrogen (secondary N) is 2. The average Bonchev–Trinajstić information content (AvgIpc) is 2.47. The third kappa shape index (κ3) is 3.22. The molecule has 0 fully saturated rings. The molecule has 4 N–H and O–H groups in total. The molecular weight excluding hydrogens is 314 g/mol. The summed E-state index contributed by atoms with van der Waals surface area (Å²) in [6, 6.07) is 8.94. The molecule has 2 rings (SSSR count). The highest BCUT2D eigenvalue weighted by Gasteiger charge is 2.20. The number of anilines is 2. The second-order valence-electron chi connectivity index (χ2n) is 3.90. The van der Waals surface area contributed by atoms with E-state index in [0.717, 1.165) is 0 Å². The van der Waals surface area contributed by atoms with Crippen molar-refractivity contribution in [1.82, 2.24) is 4.98 Å². The fourth-order valence-corrected chi connectivity index (χ4v) is 2.98. The fraction of sp³-hybridized carbons (Fsp3) is 0. The van der Waals surface area contributed by atoms with Crippen molar-refractivity contribution in [2.45, 2.75) is 4.90 Å². The molecule has 0 aliphatic rings. The minimum atomic E-state index is -3.97. The Labute approximate surface area is 126 Å². The van der Waals surface area contributed by atoms with Crippen LogP contribution in [0.25, 0.3) is 0 Å². The van der Waals surface area contributed by atoms with Crippen LogP contribution < -0.4 is 16.0 Å². The lowest BCUT2D eigenvalue weighted by atomic mass is 10.2. The van der Waals surface area contributed by atoms with Crippen LogP contribution in [0.4, 0.5) is 11.5 Å². The molecule has 0 aliphatic heterocycles. The molecule has 108 valence electrons. The van der Waals surface area contributed by atoms with Gasteiger partial charge in [-0.25, -0.2) is 19.2 Å². The smallest absolute Gasteiger partial charge is 0.265 e. The summed E-state index contributed by atoms with van der Waals surface area (Å²) in [7, 11) is -3.97. The van der Waals surface area contributed by atoms with Gasteiger partial charge in [0.2, 0.25) is 0 Å². The number of hydrogen-bond donors (Lipinski definition) is 3. The van der Waals surface area contributed by atoms with Crippen LogP contribution >= 0.6 is 11.6 Å². The molecular formula is C12H10ClN5O2S.